The molecule has 6 nitrogen and oxygen atoms in total. The molecule has 0 spiro atoms. The van der Waals surface area contributed by atoms with E-state index in [1.54, 1.807) is 13.3 Å². The zero-order valence-corrected chi connectivity index (χ0v) is 12.7. The monoisotopic (exact) mass is 303 g/mol. The summed E-state index contributed by atoms with van der Waals surface area (Å²) in [6.45, 7) is 5.93. The van der Waals surface area contributed by atoms with Crippen LogP contribution in [-0.4, -0.2) is 56.0 Å². The number of likely N-dealkylation sites (N-methyl/N-ethyl adjacent to an activating group) is 1. The van der Waals surface area contributed by atoms with Crippen LogP contribution in [0.4, 0.5) is 0 Å². The zero-order valence-electron chi connectivity index (χ0n) is 12.0. The Hall–Kier alpha value is -0.660. The zero-order chi connectivity index (χ0) is 14.4. The van der Waals surface area contributed by atoms with E-state index in [9.17, 15) is 0 Å². The Kier molecular flexibility index (Phi) is 6.25. The molecule has 0 saturated carbocycles. The van der Waals surface area contributed by atoms with Crippen molar-refractivity contribution < 1.29 is 14.2 Å². The minimum atomic E-state index is -0.0563. The van der Waals surface area contributed by atoms with Gasteiger partial charge in [0.2, 0.25) is 0 Å². The largest absolute Gasteiger partial charge is 0.383 e. The Morgan fingerprint density at radius 3 is 3.10 bits per heavy atom. The molecule has 1 N–H and O–H groups in total. The maximum absolute atomic E-state index is 6.31. The van der Waals surface area contributed by atoms with E-state index in [4.69, 9.17) is 25.8 Å². The van der Waals surface area contributed by atoms with Crippen LogP contribution in [-0.2, 0) is 20.8 Å². The minimum Gasteiger partial charge on any atom is -0.383 e. The van der Waals surface area contributed by atoms with Crippen molar-refractivity contribution in [2.75, 3.05) is 40.1 Å². The fourth-order valence-electron chi connectivity index (χ4n) is 2.36. The normalized spacial score (nSPS) is 21.1. The van der Waals surface area contributed by atoms with Crippen LogP contribution in [0.25, 0.3) is 0 Å². The van der Waals surface area contributed by atoms with Crippen LogP contribution in [0.2, 0.25) is 5.02 Å². The average Bonchev–Trinajstić information content (AvgIpc) is 2.84. The molecule has 1 aromatic rings. The van der Waals surface area contributed by atoms with E-state index >= 15 is 0 Å². The standard InChI is InChI=1S/C13H22ClN3O3/c1-3-15-12(11-9-19-6-7-20-11)13-10(14)8-16-17(13)4-5-18-2/h8,11-12,15H,3-7,9H2,1-2H3. The number of hydrogen-bond donors (Lipinski definition) is 1. The molecule has 0 amide bonds. The van der Waals surface area contributed by atoms with Gasteiger partial charge in [-0.1, -0.05) is 18.5 Å². The summed E-state index contributed by atoms with van der Waals surface area (Å²) < 4.78 is 18.3. The smallest absolute Gasteiger partial charge is 0.102 e. The highest BCUT2D eigenvalue weighted by Gasteiger charge is 2.30. The van der Waals surface area contributed by atoms with E-state index in [0.29, 0.717) is 38.0 Å². The second-order valence-electron chi connectivity index (χ2n) is 4.61. The second kappa shape index (κ2) is 7.95. The fourth-order valence-corrected chi connectivity index (χ4v) is 2.62. The number of rotatable bonds is 7. The van der Waals surface area contributed by atoms with Crippen molar-refractivity contribution in [3.63, 3.8) is 0 Å². The summed E-state index contributed by atoms with van der Waals surface area (Å²) in [4.78, 5) is 0. The lowest BCUT2D eigenvalue weighted by Gasteiger charge is -2.31. The molecule has 1 saturated heterocycles. The summed E-state index contributed by atoms with van der Waals surface area (Å²) in [5, 5.41) is 8.38. The number of nitrogens with zero attached hydrogens (tertiary/aromatic N) is 2. The number of nitrogens with one attached hydrogen (secondary N) is 1. The Morgan fingerprint density at radius 1 is 1.60 bits per heavy atom. The lowest BCUT2D eigenvalue weighted by molar-refractivity contribution is -0.103. The quantitative estimate of drug-likeness (QED) is 0.821. The number of halogens is 1. The van der Waals surface area contributed by atoms with Crippen LogP contribution in [0.5, 0.6) is 0 Å². The van der Waals surface area contributed by atoms with Crippen molar-refractivity contribution in [1.29, 1.82) is 0 Å². The van der Waals surface area contributed by atoms with Gasteiger partial charge in [0.05, 0.1) is 55.9 Å². The molecule has 20 heavy (non-hydrogen) atoms. The molecule has 0 radical (unpaired) electrons. The Balaban J connectivity index is 2.20. The van der Waals surface area contributed by atoms with Gasteiger partial charge in [0.15, 0.2) is 0 Å². The first-order valence-electron chi connectivity index (χ1n) is 6.90. The van der Waals surface area contributed by atoms with Crippen molar-refractivity contribution in [2.45, 2.75) is 25.6 Å². The number of methoxy groups -OCH3 is 1. The summed E-state index contributed by atoms with van der Waals surface area (Å²) >= 11 is 6.31. The van der Waals surface area contributed by atoms with E-state index in [2.05, 4.69) is 17.3 Å². The van der Waals surface area contributed by atoms with E-state index in [1.807, 2.05) is 4.68 Å². The maximum atomic E-state index is 6.31. The highest BCUT2D eigenvalue weighted by Crippen LogP contribution is 2.28. The maximum Gasteiger partial charge on any atom is 0.102 e. The minimum absolute atomic E-state index is 0.0350. The van der Waals surface area contributed by atoms with Crippen molar-refractivity contribution in [2.24, 2.45) is 0 Å². The van der Waals surface area contributed by atoms with Gasteiger partial charge in [-0.15, -0.1) is 0 Å². The van der Waals surface area contributed by atoms with E-state index in [1.165, 1.54) is 0 Å². The summed E-state index contributed by atoms with van der Waals surface area (Å²) in [6, 6.07) is -0.0350. The van der Waals surface area contributed by atoms with Crippen molar-refractivity contribution in [3.05, 3.63) is 16.9 Å². The third kappa shape index (κ3) is 3.71. The molecule has 7 heteroatoms. The molecule has 1 aromatic heterocycles. The van der Waals surface area contributed by atoms with Crippen molar-refractivity contribution in [3.8, 4) is 0 Å². The first-order valence-corrected chi connectivity index (χ1v) is 7.28. The van der Waals surface area contributed by atoms with Gasteiger partial charge in [-0.3, -0.25) is 4.68 Å². The van der Waals surface area contributed by atoms with Gasteiger partial charge in [0.1, 0.15) is 6.10 Å². The molecule has 2 rings (SSSR count). The van der Waals surface area contributed by atoms with E-state index in [0.717, 1.165) is 12.2 Å². The molecule has 1 aliphatic rings. The predicted molar refractivity (Wildman–Crippen MR) is 76.1 cm³/mol. The SMILES string of the molecule is CCNC(c1c(Cl)cnn1CCOC)C1COCCO1. The summed E-state index contributed by atoms with van der Waals surface area (Å²) in [5.41, 5.74) is 0.932. The van der Waals surface area contributed by atoms with Gasteiger partial charge in [-0.2, -0.15) is 5.10 Å². The van der Waals surface area contributed by atoms with E-state index in [-0.39, 0.29) is 12.1 Å². The third-order valence-electron chi connectivity index (χ3n) is 3.27. The van der Waals surface area contributed by atoms with Crippen LogP contribution in [0.3, 0.4) is 0 Å². The second-order valence-corrected chi connectivity index (χ2v) is 5.02. The summed E-state index contributed by atoms with van der Waals surface area (Å²) in [6.07, 6.45) is 1.61. The summed E-state index contributed by atoms with van der Waals surface area (Å²) in [7, 11) is 1.67. The lowest BCUT2D eigenvalue weighted by atomic mass is 10.1. The highest BCUT2D eigenvalue weighted by atomic mass is 35.5. The number of ether oxygens (including phenoxy) is 3. The Bertz CT molecular complexity index is 408. The first kappa shape index (κ1) is 15.7. The van der Waals surface area contributed by atoms with Gasteiger partial charge >= 0.3 is 0 Å². The fraction of sp³-hybridized carbons (Fsp3) is 0.769. The number of aromatic nitrogens is 2. The molecule has 2 atom stereocenters. The molecule has 0 aliphatic carbocycles. The third-order valence-corrected chi connectivity index (χ3v) is 3.56. The molecule has 2 unspecified atom stereocenters. The number of hydrogen-bond acceptors (Lipinski definition) is 5. The molecular formula is C13H22ClN3O3. The lowest BCUT2D eigenvalue weighted by Crippen LogP contribution is -2.41. The summed E-state index contributed by atoms with van der Waals surface area (Å²) in [5.74, 6) is 0. The Morgan fingerprint density at radius 2 is 2.45 bits per heavy atom. The topological polar surface area (TPSA) is 57.5 Å². The van der Waals surface area contributed by atoms with Gasteiger partial charge in [-0.05, 0) is 6.54 Å². The van der Waals surface area contributed by atoms with Crippen LogP contribution in [0, 0.1) is 0 Å². The molecule has 1 fully saturated rings. The van der Waals surface area contributed by atoms with Crippen LogP contribution >= 0.6 is 11.6 Å². The van der Waals surface area contributed by atoms with Gasteiger partial charge < -0.3 is 19.5 Å². The molecule has 2 heterocycles. The molecule has 1 aliphatic heterocycles. The molecule has 114 valence electrons. The van der Waals surface area contributed by atoms with Crippen molar-refractivity contribution >= 4 is 11.6 Å². The predicted octanol–water partition coefficient (Wildman–Crippen LogP) is 1.25. The first-order chi connectivity index (χ1) is 9.77. The van der Waals surface area contributed by atoms with Gasteiger partial charge in [0, 0.05) is 7.11 Å². The molecule has 0 bridgehead atoms. The average molecular weight is 304 g/mol. The van der Waals surface area contributed by atoms with Crippen LogP contribution < -0.4 is 5.32 Å². The molecule has 0 aromatic carbocycles. The molecular weight excluding hydrogens is 282 g/mol. The van der Waals surface area contributed by atoms with Crippen LogP contribution in [0.1, 0.15) is 18.7 Å². The highest BCUT2D eigenvalue weighted by molar-refractivity contribution is 6.31. The van der Waals surface area contributed by atoms with Gasteiger partial charge in [-0.25, -0.2) is 0 Å². The van der Waals surface area contributed by atoms with Gasteiger partial charge in [0.25, 0.3) is 0 Å². The van der Waals surface area contributed by atoms with Crippen LogP contribution in [0.15, 0.2) is 6.20 Å². The van der Waals surface area contributed by atoms with E-state index < -0.39 is 0 Å². The Labute approximate surface area is 124 Å². The van der Waals surface area contributed by atoms with Crippen molar-refractivity contribution in [1.82, 2.24) is 15.1 Å².